The summed E-state index contributed by atoms with van der Waals surface area (Å²) in [5.74, 6) is -0.930. The van der Waals surface area contributed by atoms with Crippen LogP contribution in [0.3, 0.4) is 0 Å². The first-order chi connectivity index (χ1) is 10.9. The van der Waals surface area contributed by atoms with Gasteiger partial charge in [0.05, 0.1) is 12.3 Å². The van der Waals surface area contributed by atoms with E-state index < -0.39 is 18.2 Å². The molecule has 6 heteroatoms. The molecule has 120 valence electrons. The summed E-state index contributed by atoms with van der Waals surface area (Å²) in [6.45, 7) is 3.48. The lowest BCUT2D eigenvalue weighted by Crippen LogP contribution is -2.22. The molecule has 0 aliphatic carbocycles. The van der Waals surface area contributed by atoms with Crippen molar-refractivity contribution in [1.82, 2.24) is 4.98 Å². The number of hydrogen-bond donors (Lipinski definition) is 1. The molecular weight excluding hydrogens is 301 g/mol. The van der Waals surface area contributed by atoms with Crippen molar-refractivity contribution in [2.45, 2.75) is 26.1 Å². The summed E-state index contributed by atoms with van der Waals surface area (Å²) in [4.78, 5) is 15.0. The van der Waals surface area contributed by atoms with Gasteiger partial charge in [0.1, 0.15) is 17.2 Å². The van der Waals surface area contributed by atoms with Crippen molar-refractivity contribution in [2.75, 3.05) is 6.61 Å². The number of carboxylic acids is 1. The molecule has 1 aliphatic heterocycles. The van der Waals surface area contributed by atoms with Crippen molar-refractivity contribution in [3.63, 3.8) is 0 Å². The summed E-state index contributed by atoms with van der Waals surface area (Å²) in [7, 11) is 0. The van der Waals surface area contributed by atoms with Gasteiger partial charge < -0.3 is 14.6 Å². The number of rotatable bonds is 4. The molecule has 1 N–H and O–H groups in total. The number of pyridine rings is 1. The van der Waals surface area contributed by atoms with E-state index >= 15 is 0 Å². The minimum absolute atomic E-state index is 0.279. The lowest BCUT2D eigenvalue weighted by atomic mass is 9.88. The molecule has 0 fully saturated rings. The number of aromatic nitrogens is 1. The van der Waals surface area contributed by atoms with Crippen molar-refractivity contribution in [3.05, 3.63) is 58.7 Å². The van der Waals surface area contributed by atoms with E-state index in [-0.39, 0.29) is 12.4 Å². The molecule has 1 atom stereocenters. The molecule has 1 aliphatic rings. The van der Waals surface area contributed by atoms with Gasteiger partial charge in [0.25, 0.3) is 0 Å². The maximum Gasteiger partial charge on any atom is 0.341 e. The van der Waals surface area contributed by atoms with E-state index in [1.54, 1.807) is 25.3 Å². The Morgan fingerprint density at radius 3 is 2.78 bits per heavy atom. The van der Waals surface area contributed by atoms with Gasteiger partial charge in [0, 0.05) is 17.3 Å². The van der Waals surface area contributed by atoms with Crippen molar-refractivity contribution in [3.8, 4) is 5.75 Å². The highest BCUT2D eigenvalue weighted by atomic mass is 19.1. The number of aryl methyl sites for hydroxylation is 1. The normalized spacial score (nSPS) is 19.4. The molecule has 1 aromatic heterocycles. The third-order valence-electron chi connectivity index (χ3n) is 4.07. The molecule has 0 spiro atoms. The summed E-state index contributed by atoms with van der Waals surface area (Å²) in [6.07, 6.45) is 1.70. The molecule has 1 unspecified atom stereocenters. The van der Waals surface area contributed by atoms with Gasteiger partial charge in [0.15, 0.2) is 6.61 Å². The predicted molar refractivity (Wildman–Crippen MR) is 79.7 cm³/mol. The maximum absolute atomic E-state index is 13.2. The standard InChI is InChI=1S/C17H16FNO4/c1-10-16(22-9-15(20)21)13-8-23-17(2,14(13)7-19-10)11-3-5-12(18)6-4-11/h3-7H,8-9H2,1-2H3,(H,20,21). The minimum Gasteiger partial charge on any atom is -0.480 e. The predicted octanol–water partition coefficient (Wildman–Crippen LogP) is 2.79. The van der Waals surface area contributed by atoms with Gasteiger partial charge in [-0.3, -0.25) is 4.98 Å². The molecule has 0 saturated heterocycles. The molecule has 0 saturated carbocycles. The average Bonchev–Trinajstić information content (AvgIpc) is 2.85. The van der Waals surface area contributed by atoms with Crippen LogP contribution in [0, 0.1) is 12.7 Å². The van der Waals surface area contributed by atoms with Gasteiger partial charge >= 0.3 is 5.97 Å². The van der Waals surface area contributed by atoms with Crippen molar-refractivity contribution in [1.29, 1.82) is 0 Å². The van der Waals surface area contributed by atoms with Gasteiger partial charge in [-0.25, -0.2) is 9.18 Å². The zero-order chi connectivity index (χ0) is 16.6. The fourth-order valence-electron chi connectivity index (χ4n) is 2.82. The fourth-order valence-corrected chi connectivity index (χ4v) is 2.82. The van der Waals surface area contributed by atoms with Crippen molar-refractivity contribution in [2.24, 2.45) is 0 Å². The molecule has 5 nitrogen and oxygen atoms in total. The maximum atomic E-state index is 13.2. The number of aliphatic carboxylic acids is 1. The zero-order valence-corrected chi connectivity index (χ0v) is 12.8. The van der Waals surface area contributed by atoms with Crippen LogP contribution < -0.4 is 4.74 Å². The second kappa shape index (κ2) is 5.62. The van der Waals surface area contributed by atoms with E-state index in [1.807, 2.05) is 6.92 Å². The van der Waals surface area contributed by atoms with Crippen LogP contribution in [0.15, 0.2) is 30.5 Å². The quantitative estimate of drug-likeness (QED) is 0.939. The summed E-state index contributed by atoms with van der Waals surface area (Å²) in [5.41, 5.74) is 2.22. The smallest absolute Gasteiger partial charge is 0.341 e. The highest BCUT2D eigenvalue weighted by Gasteiger charge is 2.40. The Morgan fingerprint density at radius 1 is 1.43 bits per heavy atom. The monoisotopic (exact) mass is 317 g/mol. The first-order valence-corrected chi connectivity index (χ1v) is 7.15. The highest BCUT2D eigenvalue weighted by Crippen LogP contribution is 2.45. The molecule has 2 heterocycles. The zero-order valence-electron chi connectivity index (χ0n) is 12.8. The van der Waals surface area contributed by atoms with Gasteiger partial charge in [-0.1, -0.05) is 12.1 Å². The molecule has 0 radical (unpaired) electrons. The van der Waals surface area contributed by atoms with Crippen LogP contribution in [0.4, 0.5) is 4.39 Å². The summed E-state index contributed by atoms with van der Waals surface area (Å²) in [6, 6.07) is 6.10. The van der Waals surface area contributed by atoms with Crippen LogP contribution in [0.25, 0.3) is 0 Å². The van der Waals surface area contributed by atoms with Gasteiger partial charge in [-0.05, 0) is 31.5 Å². The van der Waals surface area contributed by atoms with E-state index in [4.69, 9.17) is 14.6 Å². The van der Waals surface area contributed by atoms with Crippen LogP contribution in [0.1, 0.15) is 29.3 Å². The number of ether oxygens (including phenoxy) is 2. The molecule has 0 bridgehead atoms. The van der Waals surface area contributed by atoms with E-state index in [0.29, 0.717) is 11.4 Å². The Kier molecular flexibility index (Phi) is 3.77. The van der Waals surface area contributed by atoms with Crippen molar-refractivity contribution < 1.29 is 23.8 Å². The number of hydrogen-bond acceptors (Lipinski definition) is 4. The van der Waals surface area contributed by atoms with Crippen LogP contribution in [0.5, 0.6) is 5.75 Å². The molecule has 1 aromatic carbocycles. The number of carbonyl (C=O) groups is 1. The van der Waals surface area contributed by atoms with Crippen LogP contribution >= 0.6 is 0 Å². The van der Waals surface area contributed by atoms with E-state index in [2.05, 4.69) is 4.98 Å². The number of benzene rings is 1. The Labute approximate surface area is 132 Å². The Hall–Kier alpha value is -2.47. The molecule has 23 heavy (non-hydrogen) atoms. The number of halogens is 1. The average molecular weight is 317 g/mol. The van der Waals surface area contributed by atoms with Gasteiger partial charge in [0.2, 0.25) is 0 Å². The van der Waals surface area contributed by atoms with Gasteiger partial charge in [-0.15, -0.1) is 0 Å². The topological polar surface area (TPSA) is 68.7 Å². The number of carboxylic acid groups (broad SMARTS) is 1. The summed E-state index contributed by atoms with van der Waals surface area (Å²) in [5, 5.41) is 8.81. The minimum atomic E-state index is -1.05. The summed E-state index contributed by atoms with van der Waals surface area (Å²) < 4.78 is 24.5. The summed E-state index contributed by atoms with van der Waals surface area (Å²) >= 11 is 0. The largest absolute Gasteiger partial charge is 0.480 e. The van der Waals surface area contributed by atoms with Crippen LogP contribution in [-0.2, 0) is 21.7 Å². The second-order valence-electron chi connectivity index (χ2n) is 5.58. The third kappa shape index (κ3) is 2.66. The van der Waals surface area contributed by atoms with E-state index in [9.17, 15) is 9.18 Å². The SMILES string of the molecule is Cc1ncc2c(c1OCC(=O)O)COC2(C)c1ccc(F)cc1. The Morgan fingerprint density at radius 2 is 2.13 bits per heavy atom. The number of fused-ring (bicyclic) bond motifs is 1. The molecule has 2 aromatic rings. The third-order valence-corrected chi connectivity index (χ3v) is 4.07. The lowest BCUT2D eigenvalue weighted by Gasteiger charge is -2.25. The van der Waals surface area contributed by atoms with Crippen LogP contribution in [-0.4, -0.2) is 22.7 Å². The first-order valence-electron chi connectivity index (χ1n) is 7.15. The lowest BCUT2D eigenvalue weighted by molar-refractivity contribution is -0.139. The second-order valence-corrected chi connectivity index (χ2v) is 5.58. The number of nitrogens with zero attached hydrogens (tertiary/aromatic N) is 1. The van der Waals surface area contributed by atoms with Crippen LogP contribution in [0.2, 0.25) is 0 Å². The van der Waals surface area contributed by atoms with E-state index in [0.717, 1.165) is 16.7 Å². The molecule has 0 amide bonds. The molecular formula is C17H16FNO4. The fraction of sp³-hybridized carbons (Fsp3) is 0.294. The highest BCUT2D eigenvalue weighted by molar-refractivity contribution is 5.68. The Bertz CT molecular complexity index is 760. The van der Waals surface area contributed by atoms with E-state index in [1.165, 1.54) is 12.1 Å². The Balaban J connectivity index is 2.04. The first kappa shape index (κ1) is 15.4. The molecule has 3 rings (SSSR count). The van der Waals surface area contributed by atoms with Gasteiger partial charge in [-0.2, -0.15) is 0 Å². The van der Waals surface area contributed by atoms with Crippen molar-refractivity contribution >= 4 is 5.97 Å².